The lowest BCUT2D eigenvalue weighted by molar-refractivity contribution is 0.635. The van der Waals surface area contributed by atoms with E-state index in [-0.39, 0.29) is 0 Å². The summed E-state index contributed by atoms with van der Waals surface area (Å²) in [5.74, 6) is 0. The van der Waals surface area contributed by atoms with Crippen LogP contribution in [0.5, 0.6) is 0 Å². The number of nitrogens with zero attached hydrogens (tertiary/aromatic N) is 2. The lowest BCUT2D eigenvalue weighted by Gasteiger charge is -2.03. The number of aryl methyl sites for hydroxylation is 2. The zero-order valence-corrected chi connectivity index (χ0v) is 10.6. The minimum atomic E-state index is 0.858. The third kappa shape index (κ3) is 3.21. The van der Waals surface area contributed by atoms with Gasteiger partial charge in [0.2, 0.25) is 0 Å². The van der Waals surface area contributed by atoms with Crippen molar-refractivity contribution in [2.45, 2.75) is 33.1 Å². The second kappa shape index (κ2) is 6.13. The van der Waals surface area contributed by atoms with Gasteiger partial charge in [-0.2, -0.15) is 5.10 Å². The van der Waals surface area contributed by atoms with Crippen LogP contribution in [0.15, 0.2) is 0 Å². The van der Waals surface area contributed by atoms with Crippen LogP contribution in [-0.2, 0) is 19.9 Å². The van der Waals surface area contributed by atoms with Crippen molar-refractivity contribution in [1.29, 1.82) is 0 Å². The smallest absolute Gasteiger partial charge is 0.0849 e. The van der Waals surface area contributed by atoms with E-state index in [1.807, 2.05) is 11.7 Å². The zero-order chi connectivity index (χ0) is 11.3. The molecule has 1 heterocycles. The first-order chi connectivity index (χ1) is 7.20. The Labute approximate surface area is 96.8 Å². The molecule has 1 aromatic rings. The van der Waals surface area contributed by atoms with Crippen molar-refractivity contribution in [1.82, 2.24) is 15.1 Å². The van der Waals surface area contributed by atoms with Crippen LogP contribution in [-0.4, -0.2) is 22.9 Å². The first-order valence-corrected chi connectivity index (χ1v) is 5.99. The molecule has 0 saturated heterocycles. The third-order valence-electron chi connectivity index (χ3n) is 2.52. The fourth-order valence-electron chi connectivity index (χ4n) is 1.65. The van der Waals surface area contributed by atoms with E-state index in [1.54, 1.807) is 0 Å². The number of rotatable bonds is 6. The molecule has 4 heteroatoms. The average Bonchev–Trinajstić information content (AvgIpc) is 2.50. The summed E-state index contributed by atoms with van der Waals surface area (Å²) in [5, 5.41) is 8.56. The predicted molar refractivity (Wildman–Crippen MR) is 64.5 cm³/mol. The quantitative estimate of drug-likeness (QED) is 0.758. The van der Waals surface area contributed by atoms with Gasteiger partial charge < -0.3 is 5.32 Å². The van der Waals surface area contributed by atoms with E-state index >= 15 is 0 Å². The fourth-order valence-corrected chi connectivity index (χ4v) is 2.04. The van der Waals surface area contributed by atoms with E-state index in [9.17, 15) is 0 Å². The van der Waals surface area contributed by atoms with Gasteiger partial charge in [-0.05, 0) is 32.4 Å². The summed E-state index contributed by atoms with van der Waals surface area (Å²) in [7, 11) is 1.97. The van der Waals surface area contributed by atoms with E-state index < -0.39 is 0 Å². The fraction of sp³-hybridized carbons (Fsp3) is 0.727. The largest absolute Gasteiger partial charge is 0.317 e. The zero-order valence-electron chi connectivity index (χ0n) is 9.81. The maximum Gasteiger partial charge on any atom is 0.0849 e. The standard InChI is InChI=1S/C11H20ClN3/c1-4-9-11(12)10(15(3)14-9)7-6-8-13-5-2/h13H,4-8H2,1-3H3. The molecule has 1 N–H and O–H groups in total. The van der Waals surface area contributed by atoms with Crippen LogP contribution in [0.2, 0.25) is 5.02 Å². The second-order valence-electron chi connectivity index (χ2n) is 3.64. The molecule has 0 aliphatic carbocycles. The van der Waals surface area contributed by atoms with Gasteiger partial charge in [0, 0.05) is 7.05 Å². The summed E-state index contributed by atoms with van der Waals surface area (Å²) in [6.07, 6.45) is 3.01. The van der Waals surface area contributed by atoms with Gasteiger partial charge in [0.05, 0.1) is 16.4 Å². The highest BCUT2D eigenvalue weighted by molar-refractivity contribution is 6.31. The Balaban J connectivity index is 2.56. The Hall–Kier alpha value is -0.540. The Morgan fingerprint density at radius 3 is 2.67 bits per heavy atom. The summed E-state index contributed by atoms with van der Waals surface area (Å²) < 4.78 is 1.91. The minimum Gasteiger partial charge on any atom is -0.317 e. The van der Waals surface area contributed by atoms with Crippen LogP contribution in [0.25, 0.3) is 0 Å². The van der Waals surface area contributed by atoms with Crippen molar-refractivity contribution in [3.05, 3.63) is 16.4 Å². The van der Waals surface area contributed by atoms with Gasteiger partial charge in [-0.1, -0.05) is 25.4 Å². The van der Waals surface area contributed by atoms with E-state index in [0.29, 0.717) is 0 Å². The summed E-state index contributed by atoms with van der Waals surface area (Å²) in [6.45, 7) is 6.27. The Kier molecular flexibility index (Phi) is 5.12. The molecule has 0 amide bonds. The SMILES string of the molecule is CCNCCCc1c(Cl)c(CC)nn1C. The maximum absolute atomic E-state index is 6.24. The average molecular weight is 230 g/mol. The molecule has 0 aliphatic heterocycles. The lowest BCUT2D eigenvalue weighted by Crippen LogP contribution is -2.15. The molecule has 0 radical (unpaired) electrons. The van der Waals surface area contributed by atoms with Gasteiger partial charge in [0.1, 0.15) is 0 Å². The first-order valence-electron chi connectivity index (χ1n) is 5.61. The van der Waals surface area contributed by atoms with Crippen molar-refractivity contribution >= 4 is 11.6 Å². The van der Waals surface area contributed by atoms with Gasteiger partial charge in [0.25, 0.3) is 0 Å². The van der Waals surface area contributed by atoms with Crippen LogP contribution in [0.4, 0.5) is 0 Å². The molecule has 3 nitrogen and oxygen atoms in total. The highest BCUT2D eigenvalue weighted by atomic mass is 35.5. The molecule has 0 saturated carbocycles. The molecule has 0 atom stereocenters. The molecular weight excluding hydrogens is 210 g/mol. The van der Waals surface area contributed by atoms with Crippen LogP contribution < -0.4 is 5.32 Å². The molecule has 15 heavy (non-hydrogen) atoms. The van der Waals surface area contributed by atoms with Crippen molar-refractivity contribution in [2.24, 2.45) is 7.05 Å². The third-order valence-corrected chi connectivity index (χ3v) is 2.96. The van der Waals surface area contributed by atoms with Crippen LogP contribution in [0, 0.1) is 0 Å². The van der Waals surface area contributed by atoms with Crippen molar-refractivity contribution in [3.8, 4) is 0 Å². The molecule has 0 bridgehead atoms. The Morgan fingerprint density at radius 2 is 2.13 bits per heavy atom. The summed E-state index contributed by atoms with van der Waals surface area (Å²) >= 11 is 6.24. The summed E-state index contributed by atoms with van der Waals surface area (Å²) in [4.78, 5) is 0. The van der Waals surface area contributed by atoms with Crippen LogP contribution >= 0.6 is 11.6 Å². The Bertz CT molecular complexity index is 307. The van der Waals surface area contributed by atoms with Crippen molar-refractivity contribution in [2.75, 3.05) is 13.1 Å². The van der Waals surface area contributed by atoms with Gasteiger partial charge >= 0.3 is 0 Å². The van der Waals surface area contributed by atoms with E-state index in [1.165, 1.54) is 0 Å². The highest BCUT2D eigenvalue weighted by Crippen LogP contribution is 2.21. The molecule has 0 unspecified atom stereocenters. The molecule has 86 valence electrons. The molecule has 1 aromatic heterocycles. The highest BCUT2D eigenvalue weighted by Gasteiger charge is 2.11. The van der Waals surface area contributed by atoms with Crippen molar-refractivity contribution < 1.29 is 0 Å². The van der Waals surface area contributed by atoms with E-state index in [0.717, 1.165) is 48.8 Å². The maximum atomic E-state index is 6.24. The van der Waals surface area contributed by atoms with Gasteiger partial charge in [0.15, 0.2) is 0 Å². The van der Waals surface area contributed by atoms with Crippen LogP contribution in [0.3, 0.4) is 0 Å². The first kappa shape index (κ1) is 12.5. The molecule has 1 rings (SSSR count). The minimum absolute atomic E-state index is 0.858. The summed E-state index contributed by atoms with van der Waals surface area (Å²) in [6, 6.07) is 0. The van der Waals surface area contributed by atoms with Crippen molar-refractivity contribution in [3.63, 3.8) is 0 Å². The van der Waals surface area contributed by atoms with E-state index in [4.69, 9.17) is 11.6 Å². The number of aromatic nitrogens is 2. The normalized spacial score (nSPS) is 10.9. The van der Waals surface area contributed by atoms with Gasteiger partial charge in [-0.25, -0.2) is 0 Å². The number of halogens is 1. The molecular formula is C11H20ClN3. The van der Waals surface area contributed by atoms with E-state index in [2.05, 4.69) is 24.3 Å². The summed E-state index contributed by atoms with van der Waals surface area (Å²) in [5.41, 5.74) is 2.17. The topological polar surface area (TPSA) is 29.9 Å². The van der Waals surface area contributed by atoms with Gasteiger partial charge in [-0.3, -0.25) is 4.68 Å². The second-order valence-corrected chi connectivity index (χ2v) is 4.02. The van der Waals surface area contributed by atoms with Gasteiger partial charge in [-0.15, -0.1) is 0 Å². The number of hydrogen-bond acceptors (Lipinski definition) is 2. The monoisotopic (exact) mass is 229 g/mol. The number of hydrogen-bond donors (Lipinski definition) is 1. The molecule has 0 aromatic carbocycles. The number of nitrogens with one attached hydrogen (secondary N) is 1. The Morgan fingerprint density at radius 1 is 1.40 bits per heavy atom. The predicted octanol–water partition coefficient (Wildman–Crippen LogP) is 2.18. The van der Waals surface area contributed by atoms with Crippen LogP contribution in [0.1, 0.15) is 31.7 Å². The molecule has 0 spiro atoms. The molecule has 0 aliphatic rings. The lowest BCUT2D eigenvalue weighted by atomic mass is 10.2. The molecule has 0 fully saturated rings.